The van der Waals surface area contributed by atoms with Gasteiger partial charge in [-0.2, -0.15) is 5.26 Å². The number of benzene rings is 2. The maximum absolute atomic E-state index is 12.9. The molecule has 7 nitrogen and oxygen atoms in total. The number of esters is 1. The SMILES string of the molecule is CCCCCCCOC(=O)C(C#N)c1nc2ccccc2nc1N1CCN(c2ccccc2)CC1. The molecule has 0 radical (unpaired) electrons. The van der Waals surface area contributed by atoms with Gasteiger partial charge in [0.25, 0.3) is 0 Å². The van der Waals surface area contributed by atoms with Crippen molar-refractivity contribution in [2.24, 2.45) is 0 Å². The summed E-state index contributed by atoms with van der Waals surface area (Å²) in [4.78, 5) is 27.0. The van der Waals surface area contributed by atoms with E-state index in [1.165, 1.54) is 18.5 Å². The smallest absolute Gasteiger partial charge is 0.329 e. The van der Waals surface area contributed by atoms with Crippen molar-refractivity contribution in [3.8, 4) is 6.07 Å². The number of nitriles is 1. The first kappa shape index (κ1) is 24.5. The first-order chi connectivity index (χ1) is 17.2. The van der Waals surface area contributed by atoms with Crippen molar-refractivity contribution in [3.63, 3.8) is 0 Å². The Morgan fingerprint density at radius 2 is 1.54 bits per heavy atom. The topological polar surface area (TPSA) is 82.3 Å². The lowest BCUT2D eigenvalue weighted by molar-refractivity contribution is -0.144. The van der Waals surface area contributed by atoms with Crippen molar-refractivity contribution in [2.75, 3.05) is 42.6 Å². The van der Waals surface area contributed by atoms with Crippen molar-refractivity contribution >= 4 is 28.5 Å². The molecule has 1 aliphatic rings. The normalized spacial score (nSPS) is 14.5. The quantitative estimate of drug-likeness (QED) is 0.301. The third kappa shape index (κ3) is 6.07. The standard InChI is InChI=1S/C28H33N5O2/c1-2-3-4-5-11-20-35-28(34)23(21-29)26-27(31-25-15-10-9-14-24(25)30-26)33-18-16-32(17-19-33)22-12-7-6-8-13-22/h6-10,12-15,23H,2-5,11,16-20H2,1H3. The molecule has 1 fully saturated rings. The molecule has 2 heterocycles. The molecule has 0 aliphatic carbocycles. The highest BCUT2D eigenvalue weighted by atomic mass is 16.5. The molecule has 0 saturated carbocycles. The van der Waals surface area contributed by atoms with E-state index >= 15 is 0 Å². The summed E-state index contributed by atoms with van der Waals surface area (Å²) in [5.74, 6) is -1.05. The minimum absolute atomic E-state index is 0.326. The molecule has 1 aromatic heterocycles. The molecule has 0 spiro atoms. The lowest BCUT2D eigenvalue weighted by Crippen LogP contribution is -2.47. The molecule has 2 aromatic carbocycles. The molecular weight excluding hydrogens is 438 g/mol. The summed E-state index contributed by atoms with van der Waals surface area (Å²) in [7, 11) is 0. The van der Waals surface area contributed by atoms with Crippen molar-refractivity contribution in [1.82, 2.24) is 9.97 Å². The molecule has 35 heavy (non-hydrogen) atoms. The van der Waals surface area contributed by atoms with E-state index < -0.39 is 11.9 Å². The Balaban J connectivity index is 1.53. The largest absolute Gasteiger partial charge is 0.464 e. The fourth-order valence-corrected chi connectivity index (χ4v) is 4.43. The monoisotopic (exact) mass is 471 g/mol. The number of nitrogens with zero attached hydrogens (tertiary/aromatic N) is 5. The zero-order valence-corrected chi connectivity index (χ0v) is 20.4. The average molecular weight is 472 g/mol. The van der Waals surface area contributed by atoms with Gasteiger partial charge in [0, 0.05) is 31.9 Å². The van der Waals surface area contributed by atoms with Crippen LogP contribution in [0.4, 0.5) is 11.5 Å². The van der Waals surface area contributed by atoms with Crippen LogP contribution in [0.5, 0.6) is 0 Å². The molecule has 4 rings (SSSR count). The number of carbonyl (C=O) groups excluding carboxylic acids is 1. The fraction of sp³-hybridized carbons (Fsp3) is 0.429. The van der Waals surface area contributed by atoms with Crippen LogP contribution in [0, 0.1) is 11.3 Å². The van der Waals surface area contributed by atoms with Gasteiger partial charge in [-0.15, -0.1) is 0 Å². The maximum Gasteiger partial charge on any atom is 0.329 e. The Labute approximate surface area is 207 Å². The molecule has 1 aliphatic heterocycles. The minimum atomic E-state index is -1.11. The molecule has 1 atom stereocenters. The van der Waals surface area contributed by atoms with Crippen LogP contribution in [0.15, 0.2) is 54.6 Å². The van der Waals surface area contributed by atoms with Crippen molar-refractivity contribution in [2.45, 2.75) is 44.9 Å². The lowest BCUT2D eigenvalue weighted by atomic mass is 10.1. The highest BCUT2D eigenvalue weighted by Crippen LogP contribution is 2.29. The van der Waals surface area contributed by atoms with E-state index in [1.807, 2.05) is 42.5 Å². The number of unbranched alkanes of at least 4 members (excludes halogenated alkanes) is 4. The number of aromatic nitrogens is 2. The fourth-order valence-electron chi connectivity index (χ4n) is 4.43. The molecule has 3 aromatic rings. The molecule has 182 valence electrons. The second-order valence-electron chi connectivity index (χ2n) is 8.87. The van der Waals surface area contributed by atoms with Crippen molar-refractivity contribution in [3.05, 3.63) is 60.3 Å². The third-order valence-corrected chi connectivity index (χ3v) is 6.41. The first-order valence-corrected chi connectivity index (χ1v) is 12.6. The van der Waals surface area contributed by atoms with E-state index in [2.05, 4.69) is 34.9 Å². The van der Waals surface area contributed by atoms with Crippen LogP contribution in [0.2, 0.25) is 0 Å². The van der Waals surface area contributed by atoms with Gasteiger partial charge in [-0.25, -0.2) is 9.97 Å². The molecule has 1 saturated heterocycles. The van der Waals surface area contributed by atoms with Gasteiger partial charge in [0.05, 0.1) is 23.7 Å². The van der Waals surface area contributed by atoms with E-state index in [1.54, 1.807) is 0 Å². The van der Waals surface area contributed by atoms with Gasteiger partial charge in [0.15, 0.2) is 11.7 Å². The van der Waals surface area contributed by atoms with Gasteiger partial charge in [-0.3, -0.25) is 4.79 Å². The van der Waals surface area contributed by atoms with E-state index in [0.29, 0.717) is 23.6 Å². The number of piperazine rings is 1. The van der Waals surface area contributed by atoms with Crippen molar-refractivity contribution < 1.29 is 9.53 Å². The minimum Gasteiger partial charge on any atom is -0.464 e. The van der Waals surface area contributed by atoms with Gasteiger partial charge in [-0.05, 0) is 30.7 Å². The van der Waals surface area contributed by atoms with Gasteiger partial charge in [-0.1, -0.05) is 62.9 Å². The second kappa shape index (κ2) is 12.2. The van der Waals surface area contributed by atoms with E-state index in [9.17, 15) is 10.1 Å². The Bertz CT molecular complexity index is 1150. The Morgan fingerprint density at radius 3 is 2.23 bits per heavy atom. The number of carbonyl (C=O) groups is 1. The van der Waals surface area contributed by atoms with E-state index in [-0.39, 0.29) is 0 Å². The maximum atomic E-state index is 12.9. The second-order valence-corrected chi connectivity index (χ2v) is 8.87. The van der Waals surface area contributed by atoms with Gasteiger partial charge < -0.3 is 14.5 Å². The molecule has 1 unspecified atom stereocenters. The Morgan fingerprint density at radius 1 is 0.914 bits per heavy atom. The molecule has 7 heteroatoms. The van der Waals surface area contributed by atoms with Crippen LogP contribution >= 0.6 is 0 Å². The number of hydrogen-bond donors (Lipinski definition) is 0. The number of para-hydroxylation sites is 3. The Hall–Kier alpha value is -3.66. The van der Waals surface area contributed by atoms with E-state index in [0.717, 1.165) is 51.0 Å². The zero-order chi connectivity index (χ0) is 24.5. The van der Waals surface area contributed by atoms with E-state index in [4.69, 9.17) is 14.7 Å². The van der Waals surface area contributed by atoms with Crippen LogP contribution < -0.4 is 9.80 Å². The molecule has 0 bridgehead atoms. The Kier molecular flexibility index (Phi) is 8.50. The molecule has 0 N–H and O–H groups in total. The van der Waals surface area contributed by atoms with Crippen LogP contribution in [0.3, 0.4) is 0 Å². The zero-order valence-electron chi connectivity index (χ0n) is 20.4. The highest BCUT2D eigenvalue weighted by Gasteiger charge is 2.31. The van der Waals surface area contributed by atoms with Crippen LogP contribution in [-0.4, -0.2) is 48.7 Å². The predicted molar refractivity (Wildman–Crippen MR) is 138 cm³/mol. The number of ether oxygens (including phenoxy) is 1. The number of fused-ring (bicyclic) bond motifs is 1. The number of hydrogen-bond acceptors (Lipinski definition) is 7. The summed E-state index contributed by atoms with van der Waals surface area (Å²) in [6.07, 6.45) is 5.30. The number of rotatable bonds is 10. The van der Waals surface area contributed by atoms with Crippen molar-refractivity contribution in [1.29, 1.82) is 5.26 Å². The first-order valence-electron chi connectivity index (χ1n) is 12.6. The van der Waals surface area contributed by atoms with Gasteiger partial charge in [0.1, 0.15) is 5.69 Å². The highest BCUT2D eigenvalue weighted by molar-refractivity contribution is 5.85. The van der Waals surface area contributed by atoms with Crippen LogP contribution in [-0.2, 0) is 9.53 Å². The average Bonchev–Trinajstić information content (AvgIpc) is 2.91. The molecular formula is C28H33N5O2. The lowest BCUT2D eigenvalue weighted by Gasteiger charge is -2.37. The van der Waals surface area contributed by atoms with Gasteiger partial charge >= 0.3 is 5.97 Å². The van der Waals surface area contributed by atoms with Crippen LogP contribution in [0.25, 0.3) is 11.0 Å². The summed E-state index contributed by atoms with van der Waals surface area (Å²) in [5.41, 5.74) is 2.99. The summed E-state index contributed by atoms with van der Waals surface area (Å²) < 4.78 is 5.50. The summed E-state index contributed by atoms with van der Waals surface area (Å²) in [6.45, 7) is 5.57. The van der Waals surface area contributed by atoms with Crippen LogP contribution in [0.1, 0.15) is 50.6 Å². The van der Waals surface area contributed by atoms with Gasteiger partial charge in [0.2, 0.25) is 0 Å². The molecule has 0 amide bonds. The third-order valence-electron chi connectivity index (χ3n) is 6.41. The predicted octanol–water partition coefficient (Wildman–Crippen LogP) is 5.08. The number of anilines is 2. The summed E-state index contributed by atoms with van der Waals surface area (Å²) in [6, 6.07) is 20.0. The summed E-state index contributed by atoms with van der Waals surface area (Å²) >= 11 is 0. The summed E-state index contributed by atoms with van der Waals surface area (Å²) in [5, 5.41) is 9.96.